The summed E-state index contributed by atoms with van der Waals surface area (Å²) in [7, 11) is 2.87. The minimum absolute atomic E-state index is 0.0471. The number of aryl methyl sites for hydroxylation is 2. The fraction of sp³-hybridized carbons (Fsp3) is 0.321. The number of aromatic hydroxyl groups is 3. The van der Waals surface area contributed by atoms with Crippen LogP contribution < -0.4 is 9.47 Å². The lowest BCUT2D eigenvalue weighted by Gasteiger charge is -2.22. The molecular formula is C28H32O7. The van der Waals surface area contributed by atoms with Gasteiger partial charge in [-0.3, -0.25) is 4.79 Å². The predicted octanol–water partition coefficient (Wildman–Crippen LogP) is 4.17. The van der Waals surface area contributed by atoms with Crippen molar-refractivity contribution in [3.63, 3.8) is 0 Å². The van der Waals surface area contributed by atoms with Crippen LogP contribution in [0.25, 0.3) is 0 Å². The molecule has 0 aliphatic carbocycles. The Labute approximate surface area is 205 Å². The first-order valence-electron chi connectivity index (χ1n) is 11.5. The summed E-state index contributed by atoms with van der Waals surface area (Å²) in [6.45, 7) is 0. The maximum Gasteiger partial charge on any atom is 0.200 e. The second-order valence-electron chi connectivity index (χ2n) is 8.54. The van der Waals surface area contributed by atoms with Gasteiger partial charge in [0.05, 0.1) is 20.3 Å². The Morgan fingerprint density at radius 1 is 0.800 bits per heavy atom. The van der Waals surface area contributed by atoms with Crippen molar-refractivity contribution in [1.29, 1.82) is 0 Å². The molecule has 7 heteroatoms. The van der Waals surface area contributed by atoms with Gasteiger partial charge in [-0.15, -0.1) is 0 Å². The zero-order valence-corrected chi connectivity index (χ0v) is 20.0. The van der Waals surface area contributed by atoms with Crippen molar-refractivity contribution >= 4 is 5.78 Å². The molecule has 0 aliphatic rings. The van der Waals surface area contributed by atoms with E-state index >= 15 is 0 Å². The molecule has 2 unspecified atom stereocenters. The van der Waals surface area contributed by atoms with E-state index in [-0.39, 0.29) is 35.2 Å². The van der Waals surface area contributed by atoms with Gasteiger partial charge in [0.15, 0.2) is 23.0 Å². The van der Waals surface area contributed by atoms with E-state index in [1.165, 1.54) is 20.3 Å². The average molecular weight is 481 g/mol. The highest BCUT2D eigenvalue weighted by atomic mass is 16.5. The number of phenols is 3. The van der Waals surface area contributed by atoms with E-state index < -0.39 is 12.0 Å². The predicted molar refractivity (Wildman–Crippen MR) is 132 cm³/mol. The van der Waals surface area contributed by atoms with Gasteiger partial charge >= 0.3 is 0 Å². The molecule has 0 saturated heterocycles. The third-order valence-electron chi connectivity index (χ3n) is 6.14. The maximum absolute atomic E-state index is 13.3. The number of carbonyl (C=O) groups is 1. The number of benzene rings is 3. The molecule has 0 spiro atoms. The number of methoxy groups -OCH3 is 2. The Bertz CT molecular complexity index is 1130. The highest BCUT2D eigenvalue weighted by molar-refractivity contribution is 5.82. The number of aliphatic hydroxyl groups excluding tert-OH is 1. The highest BCUT2D eigenvalue weighted by Crippen LogP contribution is 2.36. The van der Waals surface area contributed by atoms with Crippen LogP contribution in [0.5, 0.6) is 28.7 Å². The summed E-state index contributed by atoms with van der Waals surface area (Å²) in [5.74, 6) is -0.798. The van der Waals surface area contributed by atoms with Crippen LogP contribution in [-0.4, -0.2) is 46.5 Å². The van der Waals surface area contributed by atoms with Crippen LogP contribution in [-0.2, 0) is 24.1 Å². The minimum Gasteiger partial charge on any atom is -0.504 e. The van der Waals surface area contributed by atoms with E-state index in [0.29, 0.717) is 37.0 Å². The molecule has 3 aromatic carbocycles. The molecule has 2 atom stereocenters. The van der Waals surface area contributed by atoms with Gasteiger partial charge in [-0.1, -0.05) is 36.4 Å². The van der Waals surface area contributed by atoms with Crippen molar-refractivity contribution in [3.8, 4) is 28.7 Å². The fourth-order valence-corrected chi connectivity index (χ4v) is 4.13. The Hall–Kier alpha value is -3.71. The second-order valence-corrected chi connectivity index (χ2v) is 8.54. The smallest absolute Gasteiger partial charge is 0.200 e. The van der Waals surface area contributed by atoms with Gasteiger partial charge in [0.1, 0.15) is 5.78 Å². The molecule has 3 aromatic rings. The molecule has 0 radical (unpaired) electrons. The largest absolute Gasteiger partial charge is 0.504 e. The highest BCUT2D eigenvalue weighted by Gasteiger charge is 2.27. The summed E-state index contributed by atoms with van der Waals surface area (Å²) >= 11 is 0. The first-order valence-corrected chi connectivity index (χ1v) is 11.5. The molecule has 0 aromatic heterocycles. The first-order chi connectivity index (χ1) is 16.8. The second kappa shape index (κ2) is 12.1. The number of hydrogen-bond acceptors (Lipinski definition) is 7. The lowest BCUT2D eigenvalue weighted by molar-refractivity contribution is -0.126. The van der Waals surface area contributed by atoms with Gasteiger partial charge in [0, 0.05) is 12.3 Å². The number of ether oxygens (including phenoxy) is 2. The van der Waals surface area contributed by atoms with E-state index in [4.69, 9.17) is 9.47 Å². The molecule has 0 aliphatic heterocycles. The number of phenolic OH excluding ortho intramolecular Hbond substituents is 3. The van der Waals surface area contributed by atoms with Crippen LogP contribution in [0.3, 0.4) is 0 Å². The summed E-state index contributed by atoms with van der Waals surface area (Å²) in [6.07, 6.45) is 0.907. The maximum atomic E-state index is 13.3. The van der Waals surface area contributed by atoms with E-state index in [2.05, 4.69) is 0 Å². The zero-order chi connectivity index (χ0) is 25.4. The van der Waals surface area contributed by atoms with E-state index in [1.807, 2.05) is 30.3 Å². The van der Waals surface area contributed by atoms with Gasteiger partial charge in [-0.05, 0) is 66.6 Å². The summed E-state index contributed by atoms with van der Waals surface area (Å²) < 4.78 is 10.2. The third-order valence-corrected chi connectivity index (χ3v) is 6.14. The summed E-state index contributed by atoms with van der Waals surface area (Å²) in [5, 5.41) is 40.6. The van der Waals surface area contributed by atoms with Crippen molar-refractivity contribution < 1.29 is 34.7 Å². The molecule has 7 nitrogen and oxygen atoms in total. The van der Waals surface area contributed by atoms with Crippen molar-refractivity contribution in [1.82, 2.24) is 0 Å². The van der Waals surface area contributed by atoms with E-state index in [9.17, 15) is 25.2 Å². The Balaban J connectivity index is 1.72. The SMILES string of the molecule is COc1cc(CCC(O)C(Cc2ccccc2)C(=O)CCc2cc(O)c(O)c(OC)c2)ccc1O. The topological polar surface area (TPSA) is 116 Å². The molecule has 0 fully saturated rings. The first kappa shape index (κ1) is 25.9. The van der Waals surface area contributed by atoms with Gasteiger partial charge in [-0.25, -0.2) is 0 Å². The third kappa shape index (κ3) is 6.90. The van der Waals surface area contributed by atoms with Crippen molar-refractivity contribution in [3.05, 3.63) is 77.4 Å². The molecule has 0 amide bonds. The Kier molecular flexibility index (Phi) is 8.98. The molecular weight excluding hydrogens is 448 g/mol. The monoisotopic (exact) mass is 480 g/mol. The minimum atomic E-state index is -0.870. The Morgan fingerprint density at radius 2 is 1.49 bits per heavy atom. The van der Waals surface area contributed by atoms with Gasteiger partial charge in [0.2, 0.25) is 5.75 Å². The summed E-state index contributed by atoms with van der Waals surface area (Å²) in [4.78, 5) is 13.3. The van der Waals surface area contributed by atoms with Gasteiger partial charge in [0.25, 0.3) is 0 Å². The summed E-state index contributed by atoms with van der Waals surface area (Å²) in [6, 6.07) is 17.6. The number of hydrogen-bond donors (Lipinski definition) is 4. The standard InChI is InChI=1S/C28H32O7/c1-34-26-16-19(9-13-24(26)31)8-11-22(29)21(14-18-6-4-3-5-7-18)23(30)12-10-20-15-25(32)28(33)27(17-20)35-2/h3-7,9,13,15-17,21-22,29,31-33H,8,10-12,14H2,1-2H3. The fourth-order valence-electron chi connectivity index (χ4n) is 4.13. The quantitative estimate of drug-likeness (QED) is 0.288. The van der Waals surface area contributed by atoms with Crippen LogP contribution in [0.4, 0.5) is 0 Å². The number of carbonyl (C=O) groups excluding carboxylic acids is 1. The molecule has 4 N–H and O–H groups in total. The van der Waals surface area contributed by atoms with Crippen LogP contribution in [0.1, 0.15) is 29.5 Å². The molecule has 35 heavy (non-hydrogen) atoms. The number of rotatable bonds is 12. The van der Waals surface area contributed by atoms with Crippen LogP contribution in [0.15, 0.2) is 60.7 Å². The van der Waals surface area contributed by atoms with Gasteiger partial charge in [-0.2, -0.15) is 0 Å². The lowest BCUT2D eigenvalue weighted by atomic mass is 9.85. The molecule has 0 saturated carbocycles. The van der Waals surface area contributed by atoms with Crippen LogP contribution >= 0.6 is 0 Å². The number of Topliss-reactive ketones (excluding diaryl/α,β-unsaturated/α-hetero) is 1. The van der Waals surface area contributed by atoms with E-state index in [1.54, 1.807) is 24.3 Å². The summed E-state index contributed by atoms with van der Waals surface area (Å²) in [5.41, 5.74) is 2.49. The molecule has 3 rings (SSSR count). The van der Waals surface area contributed by atoms with Crippen molar-refractivity contribution in [2.24, 2.45) is 5.92 Å². The zero-order valence-electron chi connectivity index (χ0n) is 20.0. The number of ketones is 1. The van der Waals surface area contributed by atoms with E-state index in [0.717, 1.165) is 11.1 Å². The molecule has 0 heterocycles. The molecule has 0 bridgehead atoms. The lowest BCUT2D eigenvalue weighted by Crippen LogP contribution is -2.31. The molecule has 186 valence electrons. The van der Waals surface area contributed by atoms with Crippen LogP contribution in [0.2, 0.25) is 0 Å². The van der Waals surface area contributed by atoms with Gasteiger partial charge < -0.3 is 29.9 Å². The van der Waals surface area contributed by atoms with Crippen molar-refractivity contribution in [2.75, 3.05) is 14.2 Å². The Morgan fingerprint density at radius 3 is 2.17 bits per heavy atom. The normalized spacial score (nSPS) is 12.7. The van der Waals surface area contributed by atoms with Crippen LogP contribution in [0, 0.1) is 5.92 Å². The number of aliphatic hydroxyl groups is 1. The van der Waals surface area contributed by atoms with Crippen molar-refractivity contribution in [2.45, 2.75) is 38.2 Å². The average Bonchev–Trinajstić information content (AvgIpc) is 2.87.